The average molecular weight is 1050 g/mol. The summed E-state index contributed by atoms with van der Waals surface area (Å²) in [5, 5.41) is 13.8. The number of amides is 1. The second-order valence-electron chi connectivity index (χ2n) is 20.3. The van der Waals surface area contributed by atoms with Crippen LogP contribution in [0.1, 0.15) is 206 Å². The zero-order valence-corrected chi connectivity index (χ0v) is 48.6. The second-order valence-corrected chi connectivity index (χ2v) is 21.7. The minimum absolute atomic E-state index is 0.0106. The van der Waals surface area contributed by atoms with Gasteiger partial charge in [-0.05, 0) is 103 Å². The first kappa shape index (κ1) is 70.4. The summed E-state index contributed by atoms with van der Waals surface area (Å²) in [6.45, 7) is 4.48. The zero-order valence-electron chi connectivity index (χ0n) is 47.7. The van der Waals surface area contributed by atoms with Crippen LogP contribution in [0.4, 0.5) is 0 Å². The van der Waals surface area contributed by atoms with Crippen LogP contribution >= 0.6 is 7.82 Å². The number of nitrogens with one attached hydrogen (secondary N) is 1. The Morgan fingerprint density at radius 2 is 0.824 bits per heavy atom. The molecule has 0 aromatic carbocycles. The Kier molecular flexibility index (Phi) is 51.5. The number of aliphatic hydroxyl groups is 1. The molecule has 0 aliphatic carbocycles. The van der Waals surface area contributed by atoms with Gasteiger partial charge in [0.05, 0.1) is 39.9 Å². The van der Waals surface area contributed by atoms with Gasteiger partial charge in [0, 0.05) is 6.42 Å². The van der Waals surface area contributed by atoms with Crippen molar-refractivity contribution in [1.29, 1.82) is 0 Å². The number of likely N-dealkylation sites (N-methyl/N-ethyl adjacent to an activating group) is 1. The molecular weight excluding hydrogens is 936 g/mol. The average Bonchev–Trinajstić information content (AvgIpc) is 3.36. The predicted octanol–water partition coefficient (Wildman–Crippen LogP) is 17.5. The second kappa shape index (κ2) is 54.2. The molecule has 0 rings (SSSR count). The Balaban J connectivity index is 4.11. The van der Waals surface area contributed by atoms with Gasteiger partial charge in [0.25, 0.3) is 7.82 Å². The van der Waals surface area contributed by atoms with E-state index in [9.17, 15) is 19.4 Å². The maximum atomic E-state index is 12.9. The van der Waals surface area contributed by atoms with Gasteiger partial charge >= 0.3 is 0 Å². The number of nitrogens with zero attached hydrogens (tertiary/aromatic N) is 1. The summed E-state index contributed by atoms with van der Waals surface area (Å²) in [5.74, 6) is -0.217. The van der Waals surface area contributed by atoms with Crippen LogP contribution < -0.4 is 10.2 Å². The van der Waals surface area contributed by atoms with Crippen molar-refractivity contribution in [3.05, 3.63) is 146 Å². The lowest BCUT2D eigenvalue weighted by Gasteiger charge is -2.29. The monoisotopic (exact) mass is 1040 g/mol. The van der Waals surface area contributed by atoms with E-state index in [4.69, 9.17) is 9.05 Å². The molecule has 0 spiro atoms. The van der Waals surface area contributed by atoms with Gasteiger partial charge < -0.3 is 28.8 Å². The van der Waals surface area contributed by atoms with Gasteiger partial charge in [0.1, 0.15) is 13.2 Å². The van der Waals surface area contributed by atoms with Gasteiger partial charge in [-0.1, -0.05) is 243 Å². The summed E-state index contributed by atoms with van der Waals surface area (Å²) in [6, 6.07) is -0.901. The van der Waals surface area contributed by atoms with Crippen molar-refractivity contribution in [3.63, 3.8) is 0 Å². The smallest absolute Gasteiger partial charge is 0.268 e. The highest BCUT2D eigenvalue weighted by Gasteiger charge is 2.23. The fraction of sp³-hybridized carbons (Fsp3) is 0.615. The maximum absolute atomic E-state index is 12.9. The number of hydrogen-bond donors (Lipinski definition) is 2. The van der Waals surface area contributed by atoms with E-state index in [1.165, 1.54) is 64.2 Å². The minimum Gasteiger partial charge on any atom is -0.756 e. The highest BCUT2D eigenvalue weighted by atomic mass is 31.2. The fourth-order valence-corrected chi connectivity index (χ4v) is 8.23. The van der Waals surface area contributed by atoms with E-state index in [2.05, 4.69) is 153 Å². The van der Waals surface area contributed by atoms with Crippen LogP contribution in [0.15, 0.2) is 146 Å². The SMILES string of the molecule is CC/C=C\C/C=C\C/C=C\C/C=C\C/C=C\C/C=C\C/C=C\C/C=C\C/C=C\C/C=C\C/C=C\CCCCCCCCCC(=O)NC(COP(=O)([O-])OCC[N+](C)(C)C)C(O)/C=C/CCCCCCCCCCC. The molecular formula is C65H109N2O6P. The lowest BCUT2D eigenvalue weighted by molar-refractivity contribution is -0.870. The van der Waals surface area contributed by atoms with Crippen LogP contribution in [-0.4, -0.2) is 68.5 Å². The molecule has 420 valence electrons. The molecule has 0 heterocycles. The number of unbranched alkanes of at least 4 members (excludes halogenated alkanes) is 16. The van der Waals surface area contributed by atoms with E-state index < -0.39 is 26.6 Å². The van der Waals surface area contributed by atoms with Crippen molar-refractivity contribution in [1.82, 2.24) is 5.32 Å². The third-order valence-electron chi connectivity index (χ3n) is 12.1. The number of phosphoric ester groups is 1. The van der Waals surface area contributed by atoms with Crippen molar-refractivity contribution >= 4 is 13.7 Å². The normalized spacial score (nSPS) is 15.0. The van der Waals surface area contributed by atoms with Crippen molar-refractivity contribution in [2.45, 2.75) is 219 Å². The lowest BCUT2D eigenvalue weighted by atomic mass is 10.1. The highest BCUT2D eigenvalue weighted by molar-refractivity contribution is 7.45. The Labute approximate surface area is 455 Å². The highest BCUT2D eigenvalue weighted by Crippen LogP contribution is 2.38. The molecule has 74 heavy (non-hydrogen) atoms. The molecule has 3 atom stereocenters. The van der Waals surface area contributed by atoms with E-state index in [-0.39, 0.29) is 12.5 Å². The first-order valence-electron chi connectivity index (χ1n) is 29.2. The Bertz CT molecular complexity index is 1710. The Morgan fingerprint density at radius 1 is 0.486 bits per heavy atom. The molecule has 0 bridgehead atoms. The van der Waals surface area contributed by atoms with Crippen molar-refractivity contribution in [2.24, 2.45) is 0 Å². The van der Waals surface area contributed by atoms with Crippen molar-refractivity contribution in [3.8, 4) is 0 Å². The van der Waals surface area contributed by atoms with Gasteiger partial charge in [-0.3, -0.25) is 9.36 Å². The Hall–Kier alpha value is -3.62. The molecule has 3 unspecified atom stereocenters. The molecule has 0 saturated heterocycles. The summed E-state index contributed by atoms with van der Waals surface area (Å²) in [4.78, 5) is 25.4. The number of hydrogen-bond acceptors (Lipinski definition) is 6. The van der Waals surface area contributed by atoms with Crippen molar-refractivity contribution < 1.29 is 32.9 Å². The summed E-state index contributed by atoms with van der Waals surface area (Å²) < 4.78 is 23.2. The summed E-state index contributed by atoms with van der Waals surface area (Å²) >= 11 is 0. The third-order valence-corrected chi connectivity index (χ3v) is 13.0. The van der Waals surface area contributed by atoms with Gasteiger partial charge in [0.2, 0.25) is 5.91 Å². The molecule has 0 aliphatic rings. The summed E-state index contributed by atoms with van der Waals surface area (Å²) in [7, 11) is 1.23. The topological polar surface area (TPSA) is 108 Å². The number of carbonyl (C=O) groups is 1. The molecule has 9 heteroatoms. The molecule has 0 aromatic rings. The number of carbonyl (C=O) groups excluding carboxylic acids is 1. The van der Waals surface area contributed by atoms with Crippen LogP contribution in [0, 0.1) is 0 Å². The summed E-state index contributed by atoms with van der Waals surface area (Å²) in [5.41, 5.74) is 0. The number of aliphatic hydroxyl groups excluding tert-OH is 1. The molecule has 0 saturated carbocycles. The Morgan fingerprint density at radius 3 is 1.20 bits per heavy atom. The molecule has 0 fully saturated rings. The van der Waals surface area contributed by atoms with Crippen LogP contribution in [0.3, 0.4) is 0 Å². The van der Waals surface area contributed by atoms with Gasteiger partial charge in [-0.2, -0.15) is 0 Å². The van der Waals surface area contributed by atoms with Gasteiger partial charge in [-0.15, -0.1) is 0 Å². The largest absolute Gasteiger partial charge is 0.756 e. The zero-order chi connectivity index (χ0) is 54.2. The third kappa shape index (κ3) is 56.1. The van der Waals surface area contributed by atoms with Crippen LogP contribution in [0.5, 0.6) is 0 Å². The predicted molar refractivity (Wildman–Crippen MR) is 320 cm³/mol. The van der Waals surface area contributed by atoms with Crippen molar-refractivity contribution in [2.75, 3.05) is 40.9 Å². The number of phosphoric acid groups is 1. The van der Waals surface area contributed by atoms with E-state index in [1.807, 2.05) is 27.2 Å². The molecule has 1 amide bonds. The number of quaternary nitrogens is 1. The molecule has 8 nitrogen and oxygen atoms in total. The van der Waals surface area contributed by atoms with E-state index in [0.717, 1.165) is 122 Å². The molecule has 0 aliphatic heterocycles. The number of rotatable bonds is 51. The minimum atomic E-state index is -4.60. The first-order valence-corrected chi connectivity index (χ1v) is 30.7. The first-order chi connectivity index (χ1) is 36.0. The summed E-state index contributed by atoms with van der Waals surface area (Å²) in [6.07, 6.45) is 83.6. The standard InChI is InChI=1S/C65H109N2O6P/c1-6-8-10-12-14-16-18-19-20-21-22-23-24-25-26-27-28-29-30-31-32-33-34-35-36-37-38-39-40-41-42-43-44-45-46-47-49-51-53-55-57-59-65(69)66-63(62-73-74(70,71)72-61-60-67(3,4)5)64(68)58-56-54-52-50-48-17-15-13-11-9-7-2/h8,10,14,16,19-20,22-23,25-26,28-29,31-32,34-35,37-38,40-41,43-44,56,58,63-64,68H,6-7,9,11-13,15,17-18,21,24,27,30,33,36,39,42,45-55,57,59-62H2,1-5H3,(H-,66,69,70,71)/b10-8-,16-14-,20-19-,23-22-,26-25-,29-28-,32-31-,35-34-,38-37-,41-40-,44-43-,58-56+. The fourth-order valence-electron chi connectivity index (χ4n) is 7.51. The molecule has 2 N–H and O–H groups in total. The van der Waals surface area contributed by atoms with E-state index in [0.29, 0.717) is 17.4 Å². The maximum Gasteiger partial charge on any atom is 0.268 e. The van der Waals surface area contributed by atoms with Gasteiger partial charge in [-0.25, -0.2) is 0 Å². The van der Waals surface area contributed by atoms with Gasteiger partial charge in [0.15, 0.2) is 0 Å². The van der Waals surface area contributed by atoms with E-state index >= 15 is 0 Å². The lowest BCUT2D eigenvalue weighted by Crippen LogP contribution is -2.45. The van der Waals surface area contributed by atoms with Crippen LogP contribution in [-0.2, 0) is 18.4 Å². The number of allylic oxidation sites excluding steroid dienone is 23. The quantitative estimate of drug-likeness (QED) is 0.0272. The van der Waals surface area contributed by atoms with Crippen LogP contribution in [0.25, 0.3) is 0 Å². The van der Waals surface area contributed by atoms with Crippen LogP contribution in [0.2, 0.25) is 0 Å². The molecule has 0 radical (unpaired) electrons. The molecule has 0 aromatic heterocycles. The van der Waals surface area contributed by atoms with E-state index in [1.54, 1.807) is 6.08 Å².